The van der Waals surface area contributed by atoms with Crippen LogP contribution in [0.1, 0.15) is 183 Å². The maximum absolute atomic E-state index is 14.9. The van der Waals surface area contributed by atoms with E-state index in [1.165, 1.54) is 0 Å². The Hall–Kier alpha value is -8.12. The standard InChI is InChI=1S/C78H120N8O26S2/c1-11-14-20-47(31-59(91)54(29-45-18-16-15-17-19-45)83-75(108)49(34-66(98)99)32-57(89)52(79)22-23-64(80)95)73(106)86-68(43(9)13-3)62(94)36-51(44(10)88)77(110)84-55(37-67(100)101)61(93)35-50(42(8)12-2)76(109)85-56(39-114-113-26-25-111-78-71(104)70(103)69(102)63(38-87)112-78)60(92)33-48(27-40(4)5)74(107)82-53(28-41(6)7)58(90)30-46(72(81)105)21-24-65(96)97/h1,15-19,40-44,46-56,63,68-71,78,87-88,102-104H,12-14,20-39,79H2,2-10H3,(H2,80,95)(H2,81,105)(H,82,107)(H,83,108)(H,84,110)(H,85,109)(H,86,106)(H,96,97)(H,98,99)(H,100,101)/t42?,43?,44?,46-,47-,48-,49+,50+,51+,52+,53+,54+,55+,56+,63?,68+,69+,70+,71?,78-/m1/s1. The highest BCUT2D eigenvalue weighted by molar-refractivity contribution is 8.76. The van der Waals surface area contributed by atoms with Gasteiger partial charge in [-0.2, -0.15) is 0 Å². The van der Waals surface area contributed by atoms with E-state index in [-0.39, 0.29) is 94.2 Å². The highest BCUT2D eigenvalue weighted by atomic mass is 33.1. The number of hydrogen-bond acceptors (Lipinski definition) is 26. The van der Waals surface area contributed by atoms with Gasteiger partial charge in [0.1, 0.15) is 30.2 Å². The first-order valence-electron chi connectivity index (χ1n) is 38.5. The molecule has 114 heavy (non-hydrogen) atoms. The Kier molecular flexibility index (Phi) is 46.9. The summed E-state index contributed by atoms with van der Waals surface area (Å²) in [5.41, 5.74) is 17.2. The SMILES string of the molecule is C#CCC[C@H](CC(=O)[C@H](Cc1ccccc1)NC(=O)[C@H](CC(=O)O)CC(=O)[C@@H](N)CCC(N)=O)C(=O)N[C@H](C(=O)C[C@H](C(=O)N[C@@H](CC(=O)O)C(=O)C[C@H](C(=O)N[C@@H](CSSCCO[C@@H]1OC(CO)[C@H](O)[C@H](O)C1O)C(=O)C[C@@H](CC(C)C)C(=O)N[C@@H](CC(C)C)C(=O)C[C@@H](CCC(=O)O)C(N)=O)C(C)CC)C(C)O)C(C)CC. The second-order valence-corrected chi connectivity index (χ2v) is 32.9. The molecule has 0 saturated carbocycles. The van der Waals surface area contributed by atoms with E-state index in [1.54, 1.807) is 85.7 Å². The van der Waals surface area contributed by atoms with E-state index in [0.29, 0.717) is 5.56 Å². The first-order valence-corrected chi connectivity index (χ1v) is 41.0. The zero-order chi connectivity index (χ0) is 86.4. The topological polar surface area (TPSA) is 592 Å². The number of hydrogen-bond donors (Lipinski definition) is 16. The molecule has 0 aromatic heterocycles. The number of primary amides is 2. The molecule has 36 heteroatoms. The molecule has 1 heterocycles. The van der Waals surface area contributed by atoms with Crippen molar-refractivity contribution in [3.63, 3.8) is 0 Å². The Labute approximate surface area is 672 Å². The van der Waals surface area contributed by atoms with Crippen molar-refractivity contribution in [2.24, 2.45) is 76.4 Å². The van der Waals surface area contributed by atoms with E-state index in [9.17, 15) is 118 Å². The van der Waals surface area contributed by atoms with Gasteiger partial charge in [-0.25, -0.2) is 0 Å². The molecule has 1 saturated heterocycles. The Balaban J connectivity index is 2.59. The number of carbonyl (C=O) groups excluding carboxylic acids is 13. The molecule has 0 aliphatic carbocycles. The van der Waals surface area contributed by atoms with Crippen molar-refractivity contribution in [3.05, 3.63) is 35.9 Å². The maximum Gasteiger partial charge on any atom is 0.305 e. The van der Waals surface area contributed by atoms with Crippen molar-refractivity contribution in [2.75, 3.05) is 24.7 Å². The average Bonchev–Trinajstić information content (AvgIpc) is 0.818. The van der Waals surface area contributed by atoms with Crippen molar-refractivity contribution in [2.45, 2.75) is 257 Å². The fraction of sp³-hybridized carbons (Fsp3) is 0.692. The number of amides is 7. The first kappa shape index (κ1) is 102. The summed E-state index contributed by atoms with van der Waals surface area (Å²) in [4.78, 5) is 218. The molecule has 1 fully saturated rings. The van der Waals surface area contributed by atoms with E-state index in [0.717, 1.165) is 28.5 Å². The number of ketones is 6. The van der Waals surface area contributed by atoms with Crippen LogP contribution in [0.2, 0.25) is 0 Å². The highest BCUT2D eigenvalue weighted by Gasteiger charge is 2.45. The van der Waals surface area contributed by atoms with Crippen LogP contribution in [-0.4, -0.2) is 233 Å². The normalized spacial score (nSPS) is 19.5. The minimum atomic E-state index is -1.92. The predicted octanol–water partition coefficient (Wildman–Crippen LogP) is 1.17. The molecule has 7 amide bonds. The van der Waals surface area contributed by atoms with Gasteiger partial charge in [0.05, 0.1) is 80.2 Å². The molecule has 640 valence electrons. The van der Waals surface area contributed by atoms with E-state index >= 15 is 0 Å². The third-order valence-corrected chi connectivity index (χ3v) is 22.4. The molecule has 0 spiro atoms. The number of aliphatic hydroxyl groups is 5. The Morgan fingerprint density at radius 1 is 0.535 bits per heavy atom. The molecule has 20 atom stereocenters. The molecule has 5 unspecified atom stereocenters. The predicted molar refractivity (Wildman–Crippen MR) is 418 cm³/mol. The zero-order valence-corrected chi connectivity index (χ0v) is 68.0. The Bertz CT molecular complexity index is 3430. The first-order chi connectivity index (χ1) is 53.5. The van der Waals surface area contributed by atoms with Gasteiger partial charge in [0.15, 0.2) is 35.2 Å². The number of terminal acetylenes is 1. The van der Waals surface area contributed by atoms with Crippen LogP contribution in [0.4, 0.5) is 0 Å². The zero-order valence-electron chi connectivity index (χ0n) is 66.4. The van der Waals surface area contributed by atoms with E-state index < -0.39 is 279 Å². The van der Waals surface area contributed by atoms with E-state index in [1.807, 2.05) is 0 Å². The van der Waals surface area contributed by atoms with Crippen molar-refractivity contribution in [1.29, 1.82) is 0 Å². The lowest BCUT2D eigenvalue weighted by Gasteiger charge is -2.39. The van der Waals surface area contributed by atoms with Crippen molar-refractivity contribution in [1.82, 2.24) is 26.6 Å². The van der Waals surface area contributed by atoms with Gasteiger partial charge in [-0.3, -0.25) is 76.7 Å². The minimum Gasteiger partial charge on any atom is -0.481 e. The number of carboxylic acids is 3. The van der Waals surface area contributed by atoms with E-state index in [4.69, 9.17) is 33.1 Å². The smallest absolute Gasteiger partial charge is 0.305 e. The van der Waals surface area contributed by atoms with Gasteiger partial charge in [-0.1, -0.05) is 120 Å². The molecule has 1 aromatic carbocycles. The molecule has 34 nitrogen and oxygen atoms in total. The Morgan fingerprint density at radius 3 is 1.61 bits per heavy atom. The molecule has 2 rings (SSSR count). The largest absolute Gasteiger partial charge is 0.481 e. The number of nitrogens with one attached hydrogen (secondary N) is 5. The van der Waals surface area contributed by atoms with Crippen LogP contribution in [0, 0.1) is 71.5 Å². The second-order valence-electron chi connectivity index (χ2n) is 30.3. The number of rotatable bonds is 60. The van der Waals surface area contributed by atoms with Crippen LogP contribution >= 0.6 is 21.6 Å². The number of aliphatic carboxylic acids is 3. The van der Waals surface area contributed by atoms with Gasteiger partial charge in [0.25, 0.3) is 0 Å². The summed E-state index contributed by atoms with van der Waals surface area (Å²) in [6.07, 6.45) is -10.8. The van der Waals surface area contributed by atoms with Gasteiger partial charge < -0.3 is 94.1 Å². The van der Waals surface area contributed by atoms with Gasteiger partial charge in [-0.05, 0) is 74.7 Å². The van der Waals surface area contributed by atoms with Crippen LogP contribution in [0.25, 0.3) is 0 Å². The molecule has 1 aliphatic heterocycles. The molecule has 0 radical (unpaired) electrons. The van der Waals surface area contributed by atoms with Gasteiger partial charge in [-0.15, -0.1) is 12.3 Å². The number of aliphatic hydroxyl groups excluding tert-OH is 5. The summed E-state index contributed by atoms with van der Waals surface area (Å²) < 4.78 is 11.0. The average molecular weight is 1650 g/mol. The van der Waals surface area contributed by atoms with E-state index in [2.05, 4.69) is 32.5 Å². The third kappa shape index (κ3) is 36.8. The van der Waals surface area contributed by atoms with Crippen LogP contribution < -0.4 is 43.8 Å². The van der Waals surface area contributed by atoms with Crippen LogP contribution in [0.15, 0.2) is 30.3 Å². The summed E-state index contributed by atoms with van der Waals surface area (Å²) in [5, 5.41) is 94.2. The van der Waals surface area contributed by atoms with Crippen LogP contribution in [0.5, 0.6) is 0 Å². The summed E-state index contributed by atoms with van der Waals surface area (Å²) in [6, 6.07) is -0.473. The monoisotopic (exact) mass is 1650 g/mol. The number of Topliss-reactive ketones (excluding diaryl/α,β-unsaturated/α-hetero) is 6. The number of ether oxygens (including phenoxy) is 2. The number of carboxylic acid groups (broad SMARTS) is 3. The molecule has 1 aromatic rings. The third-order valence-electron chi connectivity index (χ3n) is 20.0. The fourth-order valence-electron chi connectivity index (χ4n) is 12.8. The summed E-state index contributed by atoms with van der Waals surface area (Å²) in [5.74, 6) is -23.2. The molecule has 0 bridgehead atoms. The maximum atomic E-state index is 14.9. The second kappa shape index (κ2) is 52.5. The molecule has 1 aliphatic rings. The van der Waals surface area contributed by atoms with Crippen LogP contribution in [0.3, 0.4) is 0 Å². The van der Waals surface area contributed by atoms with Crippen LogP contribution in [-0.2, 0) is 92.6 Å². The van der Waals surface area contributed by atoms with Crippen molar-refractivity contribution < 1.29 is 127 Å². The fourth-order valence-corrected chi connectivity index (χ4v) is 14.8. The van der Waals surface area contributed by atoms with Gasteiger partial charge in [0.2, 0.25) is 41.4 Å². The summed E-state index contributed by atoms with van der Waals surface area (Å²) in [6.45, 7) is 13.9. The van der Waals surface area contributed by atoms with Crippen molar-refractivity contribution in [3.8, 4) is 12.3 Å². The van der Waals surface area contributed by atoms with Gasteiger partial charge in [0, 0.05) is 93.0 Å². The molecule has 19 N–H and O–H groups in total. The lowest BCUT2D eigenvalue weighted by molar-refractivity contribution is -0.299. The highest BCUT2D eigenvalue weighted by Crippen LogP contribution is 2.30. The van der Waals surface area contributed by atoms with Gasteiger partial charge >= 0.3 is 17.9 Å². The Morgan fingerprint density at radius 2 is 1.05 bits per heavy atom. The number of nitrogens with two attached hydrogens (primary N) is 3. The lowest BCUT2D eigenvalue weighted by atomic mass is 9.84. The van der Waals surface area contributed by atoms with Crippen molar-refractivity contribution >= 4 is 116 Å². The summed E-state index contributed by atoms with van der Waals surface area (Å²) >= 11 is 0. The molecular formula is C78H120N8O26S2. The molecular weight excluding hydrogens is 1530 g/mol. The number of benzene rings is 1. The quantitative estimate of drug-likeness (QED) is 0.0247. The lowest BCUT2D eigenvalue weighted by Crippen LogP contribution is -2.59. The number of carbonyl (C=O) groups is 16. The summed E-state index contributed by atoms with van der Waals surface area (Å²) in [7, 11) is 2.14. The minimum absolute atomic E-state index is 0.0665.